The number of benzene rings is 2. The lowest BCUT2D eigenvalue weighted by atomic mass is 10.2. The third-order valence-corrected chi connectivity index (χ3v) is 6.03. The van der Waals surface area contributed by atoms with Crippen LogP contribution in [0.15, 0.2) is 47.8 Å². The highest BCUT2D eigenvalue weighted by Gasteiger charge is 2.13. The van der Waals surface area contributed by atoms with Crippen molar-refractivity contribution in [3.63, 3.8) is 0 Å². The zero-order chi connectivity index (χ0) is 19.1. The van der Waals surface area contributed by atoms with E-state index < -0.39 is 0 Å². The number of thiazole rings is 2. The average molecular weight is 409 g/mol. The zero-order valence-corrected chi connectivity index (χ0v) is 16.7. The van der Waals surface area contributed by atoms with E-state index in [0.717, 1.165) is 43.1 Å². The van der Waals surface area contributed by atoms with Gasteiger partial charge in [-0.25, -0.2) is 9.50 Å². The number of fused-ring (bicyclic) bond motifs is 2. The molecule has 7 nitrogen and oxygen atoms in total. The number of hydrogen-bond acceptors (Lipinski definition) is 8. The van der Waals surface area contributed by atoms with Gasteiger partial charge in [-0.05, 0) is 42.5 Å². The first-order valence-electron chi connectivity index (χ1n) is 8.44. The van der Waals surface area contributed by atoms with E-state index in [-0.39, 0.29) is 0 Å². The number of aromatic nitrogens is 4. The molecule has 0 unspecified atom stereocenters. The van der Waals surface area contributed by atoms with Gasteiger partial charge in [-0.1, -0.05) is 11.3 Å². The Kier molecular flexibility index (Phi) is 4.10. The minimum Gasteiger partial charge on any atom is -0.497 e. The van der Waals surface area contributed by atoms with Crippen LogP contribution in [0.25, 0.3) is 26.4 Å². The van der Waals surface area contributed by atoms with Crippen molar-refractivity contribution in [2.75, 3.05) is 19.5 Å². The molecule has 2 aromatic carbocycles. The topological polar surface area (TPSA) is 73.6 Å². The predicted octanol–water partition coefficient (Wildman–Crippen LogP) is 4.83. The third-order valence-electron chi connectivity index (χ3n) is 4.28. The number of hydrogen-bond donors (Lipinski definition) is 1. The Morgan fingerprint density at radius 1 is 0.964 bits per heavy atom. The SMILES string of the molecule is COc1ccc(-c2csc3nc(Nc4nc5ccc(OC)cc5s4)nn23)cc1. The summed E-state index contributed by atoms with van der Waals surface area (Å²) in [5.41, 5.74) is 2.95. The molecule has 1 N–H and O–H groups in total. The van der Waals surface area contributed by atoms with E-state index >= 15 is 0 Å². The van der Waals surface area contributed by atoms with Crippen molar-refractivity contribution in [3.8, 4) is 22.8 Å². The van der Waals surface area contributed by atoms with E-state index in [1.165, 1.54) is 11.3 Å². The van der Waals surface area contributed by atoms with Gasteiger partial charge >= 0.3 is 0 Å². The Bertz CT molecular complexity index is 1270. The lowest BCUT2D eigenvalue weighted by Gasteiger charge is -2.01. The van der Waals surface area contributed by atoms with Crippen LogP contribution in [0.3, 0.4) is 0 Å². The normalized spacial score (nSPS) is 11.2. The van der Waals surface area contributed by atoms with Crippen LogP contribution in [0.5, 0.6) is 11.5 Å². The summed E-state index contributed by atoms with van der Waals surface area (Å²) in [5, 5.41) is 10.6. The van der Waals surface area contributed by atoms with Crippen LogP contribution in [-0.2, 0) is 0 Å². The molecule has 0 fully saturated rings. The maximum Gasteiger partial charge on any atom is 0.250 e. The van der Waals surface area contributed by atoms with E-state index in [4.69, 9.17) is 9.47 Å². The van der Waals surface area contributed by atoms with Gasteiger partial charge in [0.15, 0.2) is 5.13 Å². The van der Waals surface area contributed by atoms with E-state index in [9.17, 15) is 0 Å². The first-order chi connectivity index (χ1) is 13.7. The Labute approximate surface area is 168 Å². The van der Waals surface area contributed by atoms with Gasteiger partial charge in [-0.2, -0.15) is 4.98 Å². The van der Waals surface area contributed by atoms with E-state index in [0.29, 0.717) is 5.95 Å². The second kappa shape index (κ2) is 6.77. The smallest absolute Gasteiger partial charge is 0.250 e. The molecule has 0 aliphatic heterocycles. The second-order valence-corrected chi connectivity index (χ2v) is 7.82. The summed E-state index contributed by atoms with van der Waals surface area (Å²) in [4.78, 5) is 9.97. The van der Waals surface area contributed by atoms with Gasteiger partial charge in [0, 0.05) is 10.9 Å². The molecule has 0 radical (unpaired) electrons. The molecule has 0 atom stereocenters. The summed E-state index contributed by atoms with van der Waals surface area (Å²) in [6, 6.07) is 13.7. The van der Waals surface area contributed by atoms with Crippen LogP contribution < -0.4 is 14.8 Å². The van der Waals surface area contributed by atoms with Crippen LogP contribution in [0, 0.1) is 0 Å². The van der Waals surface area contributed by atoms with E-state index in [1.54, 1.807) is 25.6 Å². The summed E-state index contributed by atoms with van der Waals surface area (Å²) in [6.45, 7) is 0. The van der Waals surface area contributed by atoms with Gasteiger partial charge in [-0.15, -0.1) is 16.4 Å². The van der Waals surface area contributed by atoms with Crippen molar-refractivity contribution in [2.24, 2.45) is 0 Å². The first-order valence-corrected chi connectivity index (χ1v) is 10.1. The molecule has 0 bridgehead atoms. The molecule has 0 amide bonds. The van der Waals surface area contributed by atoms with Crippen LogP contribution >= 0.6 is 22.7 Å². The number of ether oxygens (including phenoxy) is 2. The van der Waals surface area contributed by atoms with Gasteiger partial charge in [0.25, 0.3) is 0 Å². The Balaban J connectivity index is 1.46. The van der Waals surface area contributed by atoms with Crippen LogP contribution in [0.1, 0.15) is 0 Å². The Morgan fingerprint density at radius 2 is 1.75 bits per heavy atom. The van der Waals surface area contributed by atoms with Crippen molar-refractivity contribution in [2.45, 2.75) is 0 Å². The molecule has 3 aromatic heterocycles. The predicted molar refractivity (Wildman–Crippen MR) is 112 cm³/mol. The molecule has 28 heavy (non-hydrogen) atoms. The fourth-order valence-electron chi connectivity index (χ4n) is 2.88. The maximum absolute atomic E-state index is 5.27. The van der Waals surface area contributed by atoms with E-state index in [1.807, 2.05) is 52.4 Å². The summed E-state index contributed by atoms with van der Waals surface area (Å²) >= 11 is 3.08. The Hall–Kier alpha value is -3.17. The van der Waals surface area contributed by atoms with Gasteiger partial charge in [0.2, 0.25) is 10.9 Å². The maximum atomic E-state index is 5.27. The third kappa shape index (κ3) is 2.94. The highest BCUT2D eigenvalue weighted by molar-refractivity contribution is 7.22. The molecule has 0 spiro atoms. The number of anilines is 2. The van der Waals surface area contributed by atoms with Gasteiger partial charge in [-0.3, -0.25) is 5.32 Å². The molecule has 5 rings (SSSR count). The van der Waals surface area contributed by atoms with Crippen molar-refractivity contribution in [1.29, 1.82) is 0 Å². The summed E-state index contributed by atoms with van der Waals surface area (Å²) < 4.78 is 13.4. The van der Waals surface area contributed by atoms with Crippen molar-refractivity contribution in [1.82, 2.24) is 19.6 Å². The number of rotatable bonds is 5. The molecule has 9 heteroatoms. The zero-order valence-electron chi connectivity index (χ0n) is 15.0. The highest BCUT2D eigenvalue weighted by atomic mass is 32.1. The van der Waals surface area contributed by atoms with Crippen LogP contribution in [0.4, 0.5) is 11.1 Å². The molecule has 3 heterocycles. The van der Waals surface area contributed by atoms with Crippen molar-refractivity contribution < 1.29 is 9.47 Å². The fourth-order valence-corrected chi connectivity index (χ4v) is 4.59. The van der Waals surface area contributed by atoms with Crippen LogP contribution in [0.2, 0.25) is 0 Å². The van der Waals surface area contributed by atoms with Gasteiger partial charge < -0.3 is 9.47 Å². The minimum atomic E-state index is 0.521. The summed E-state index contributed by atoms with van der Waals surface area (Å²) in [6.07, 6.45) is 0. The number of methoxy groups -OCH3 is 2. The Morgan fingerprint density at radius 3 is 2.54 bits per heavy atom. The highest BCUT2D eigenvalue weighted by Crippen LogP contribution is 2.32. The lowest BCUT2D eigenvalue weighted by Crippen LogP contribution is -1.93. The standard InChI is InChI=1S/C19H15N5O2S2/c1-25-12-5-3-11(4-6-12)15-10-27-19-22-17(23-24(15)19)21-18-20-14-8-7-13(26-2)9-16(14)28-18/h3-10H,1-2H3,(H,20,21,23). The largest absolute Gasteiger partial charge is 0.497 e. The molecule has 0 aliphatic rings. The quantitative estimate of drug-likeness (QED) is 0.448. The fraction of sp³-hybridized carbons (Fsp3) is 0.105. The molecular formula is C19H15N5O2S2. The van der Waals surface area contributed by atoms with Crippen molar-refractivity contribution >= 4 is 48.9 Å². The van der Waals surface area contributed by atoms with Gasteiger partial charge in [0.05, 0.1) is 30.1 Å². The molecule has 140 valence electrons. The summed E-state index contributed by atoms with van der Waals surface area (Å²) in [7, 11) is 3.31. The number of nitrogens with zero attached hydrogens (tertiary/aromatic N) is 4. The molecule has 0 saturated carbocycles. The van der Waals surface area contributed by atoms with Gasteiger partial charge in [0.1, 0.15) is 11.5 Å². The van der Waals surface area contributed by atoms with Crippen molar-refractivity contribution in [3.05, 3.63) is 47.8 Å². The molecule has 5 aromatic rings. The lowest BCUT2D eigenvalue weighted by molar-refractivity contribution is 0.415. The molecular weight excluding hydrogens is 394 g/mol. The second-order valence-electron chi connectivity index (χ2n) is 5.96. The molecule has 0 aliphatic carbocycles. The first kappa shape index (κ1) is 17.0. The monoisotopic (exact) mass is 409 g/mol. The summed E-state index contributed by atoms with van der Waals surface area (Å²) in [5.74, 6) is 2.16. The minimum absolute atomic E-state index is 0.521. The molecule has 0 saturated heterocycles. The van der Waals surface area contributed by atoms with E-state index in [2.05, 4.69) is 20.4 Å². The van der Waals surface area contributed by atoms with Crippen LogP contribution in [-0.4, -0.2) is 33.8 Å². The average Bonchev–Trinajstić information content (AvgIpc) is 3.41. The number of nitrogens with one attached hydrogen (secondary N) is 1.